The van der Waals surface area contributed by atoms with Gasteiger partial charge in [0.1, 0.15) is 5.82 Å². The molecule has 0 amide bonds. The number of rotatable bonds is 3. The minimum atomic E-state index is -0.942. The number of nitrogens with one attached hydrogen (secondary N) is 1. The number of esters is 1. The van der Waals surface area contributed by atoms with Crippen LogP contribution < -0.4 is 5.32 Å². The maximum atomic E-state index is 13.2. The van der Waals surface area contributed by atoms with Gasteiger partial charge in [0.05, 0.1) is 13.2 Å². The molecule has 1 heterocycles. The summed E-state index contributed by atoms with van der Waals surface area (Å²) in [6, 6.07) is 5.99. The highest BCUT2D eigenvalue weighted by Gasteiger charge is 2.49. The molecule has 1 aromatic carbocycles. The van der Waals surface area contributed by atoms with Crippen LogP contribution in [0.3, 0.4) is 0 Å². The SMILES string of the molecule is COC(=O)C1(Nc2cccc(F)c2)CCOC1C. The molecule has 1 aliphatic heterocycles. The predicted octanol–water partition coefficient (Wildman–Crippen LogP) is 1.96. The van der Waals surface area contributed by atoms with Crippen LogP contribution in [0.15, 0.2) is 24.3 Å². The Hall–Kier alpha value is -1.62. The molecule has 1 saturated heterocycles. The second kappa shape index (κ2) is 4.94. The molecule has 18 heavy (non-hydrogen) atoms. The Morgan fingerprint density at radius 2 is 2.39 bits per heavy atom. The van der Waals surface area contributed by atoms with Crippen molar-refractivity contribution in [2.45, 2.75) is 25.0 Å². The molecule has 4 nitrogen and oxygen atoms in total. The number of halogens is 1. The van der Waals surface area contributed by atoms with Crippen molar-refractivity contribution in [3.8, 4) is 0 Å². The number of methoxy groups -OCH3 is 1. The first-order valence-electron chi connectivity index (χ1n) is 5.82. The van der Waals surface area contributed by atoms with Crippen LogP contribution >= 0.6 is 0 Å². The number of anilines is 1. The maximum Gasteiger partial charge on any atom is 0.334 e. The van der Waals surface area contributed by atoms with Crippen molar-refractivity contribution in [3.63, 3.8) is 0 Å². The van der Waals surface area contributed by atoms with Crippen molar-refractivity contribution in [3.05, 3.63) is 30.1 Å². The van der Waals surface area contributed by atoms with E-state index in [9.17, 15) is 9.18 Å². The fourth-order valence-electron chi connectivity index (χ4n) is 2.23. The van der Waals surface area contributed by atoms with Gasteiger partial charge in [0.15, 0.2) is 5.54 Å². The monoisotopic (exact) mass is 253 g/mol. The van der Waals surface area contributed by atoms with Gasteiger partial charge in [0.25, 0.3) is 0 Å². The lowest BCUT2D eigenvalue weighted by atomic mass is 9.91. The fraction of sp³-hybridized carbons (Fsp3) is 0.462. The molecule has 0 spiro atoms. The van der Waals surface area contributed by atoms with Gasteiger partial charge < -0.3 is 14.8 Å². The van der Waals surface area contributed by atoms with Crippen molar-refractivity contribution >= 4 is 11.7 Å². The number of benzene rings is 1. The lowest BCUT2D eigenvalue weighted by Gasteiger charge is -2.31. The molecular formula is C13H16FNO3. The Balaban J connectivity index is 2.29. The Kier molecular flexibility index (Phi) is 3.52. The molecule has 2 atom stereocenters. The van der Waals surface area contributed by atoms with Crippen molar-refractivity contribution < 1.29 is 18.7 Å². The number of ether oxygens (including phenoxy) is 2. The van der Waals surface area contributed by atoms with Gasteiger partial charge in [-0.15, -0.1) is 0 Å². The lowest BCUT2D eigenvalue weighted by molar-refractivity contribution is -0.147. The van der Waals surface area contributed by atoms with Crippen molar-refractivity contribution in [2.75, 3.05) is 19.0 Å². The first-order chi connectivity index (χ1) is 8.58. The van der Waals surface area contributed by atoms with E-state index < -0.39 is 11.5 Å². The third kappa shape index (κ3) is 2.18. The zero-order valence-corrected chi connectivity index (χ0v) is 10.4. The van der Waals surface area contributed by atoms with E-state index in [1.807, 2.05) is 0 Å². The van der Waals surface area contributed by atoms with Gasteiger partial charge in [-0.1, -0.05) is 6.07 Å². The molecule has 0 aliphatic carbocycles. The Morgan fingerprint density at radius 3 is 2.94 bits per heavy atom. The Labute approximate surface area is 105 Å². The third-order valence-electron chi connectivity index (χ3n) is 3.30. The second-order valence-corrected chi connectivity index (χ2v) is 4.36. The maximum absolute atomic E-state index is 13.2. The van der Waals surface area contributed by atoms with Crippen LogP contribution in [0.25, 0.3) is 0 Å². The highest BCUT2D eigenvalue weighted by Crippen LogP contribution is 2.31. The summed E-state index contributed by atoms with van der Waals surface area (Å²) in [5.41, 5.74) is -0.402. The molecule has 1 fully saturated rings. The number of hydrogen-bond acceptors (Lipinski definition) is 4. The average molecular weight is 253 g/mol. The molecule has 1 N–H and O–H groups in total. The van der Waals surface area contributed by atoms with E-state index in [4.69, 9.17) is 9.47 Å². The quantitative estimate of drug-likeness (QED) is 0.836. The van der Waals surface area contributed by atoms with Crippen LogP contribution in [0, 0.1) is 5.82 Å². The van der Waals surface area contributed by atoms with Crippen LogP contribution in [0.5, 0.6) is 0 Å². The molecule has 0 radical (unpaired) electrons. The fourth-order valence-corrected chi connectivity index (χ4v) is 2.23. The molecule has 0 bridgehead atoms. The molecule has 0 saturated carbocycles. The van der Waals surface area contributed by atoms with Gasteiger partial charge in [0.2, 0.25) is 0 Å². The summed E-state index contributed by atoms with van der Waals surface area (Å²) in [6.45, 7) is 2.27. The highest BCUT2D eigenvalue weighted by atomic mass is 19.1. The highest BCUT2D eigenvalue weighted by molar-refractivity contribution is 5.85. The Morgan fingerprint density at radius 1 is 1.61 bits per heavy atom. The Bertz CT molecular complexity index is 452. The van der Waals surface area contributed by atoms with Crippen LogP contribution in [0.2, 0.25) is 0 Å². The van der Waals surface area contributed by atoms with E-state index in [0.717, 1.165) is 0 Å². The van der Waals surface area contributed by atoms with Gasteiger partial charge in [-0.3, -0.25) is 0 Å². The summed E-state index contributed by atoms with van der Waals surface area (Å²) < 4.78 is 23.4. The third-order valence-corrected chi connectivity index (χ3v) is 3.30. The smallest absolute Gasteiger partial charge is 0.334 e. The first kappa shape index (κ1) is 12.8. The average Bonchev–Trinajstić information content (AvgIpc) is 2.71. The normalized spacial score (nSPS) is 26.9. The molecule has 1 aliphatic rings. The molecule has 5 heteroatoms. The zero-order valence-electron chi connectivity index (χ0n) is 10.4. The molecular weight excluding hydrogens is 237 g/mol. The second-order valence-electron chi connectivity index (χ2n) is 4.36. The summed E-state index contributed by atoms with van der Waals surface area (Å²) in [5, 5.41) is 3.06. The largest absolute Gasteiger partial charge is 0.467 e. The minimum absolute atomic E-state index is 0.326. The summed E-state index contributed by atoms with van der Waals surface area (Å²) in [7, 11) is 1.34. The van der Waals surface area contributed by atoms with E-state index in [1.54, 1.807) is 19.1 Å². The summed E-state index contributed by atoms with van der Waals surface area (Å²) in [4.78, 5) is 12.0. The molecule has 2 rings (SSSR count). The van der Waals surface area contributed by atoms with E-state index >= 15 is 0 Å². The van der Waals surface area contributed by atoms with E-state index in [0.29, 0.717) is 18.7 Å². The van der Waals surface area contributed by atoms with Gasteiger partial charge >= 0.3 is 5.97 Å². The summed E-state index contributed by atoms with van der Waals surface area (Å²) >= 11 is 0. The molecule has 2 unspecified atom stereocenters. The lowest BCUT2D eigenvalue weighted by Crippen LogP contribution is -2.52. The number of carbonyl (C=O) groups excluding carboxylic acids is 1. The first-order valence-corrected chi connectivity index (χ1v) is 5.82. The molecule has 98 valence electrons. The van der Waals surface area contributed by atoms with Crippen LogP contribution in [0.4, 0.5) is 10.1 Å². The van der Waals surface area contributed by atoms with E-state index in [-0.39, 0.29) is 11.9 Å². The molecule has 0 aromatic heterocycles. The zero-order chi connectivity index (χ0) is 13.2. The van der Waals surface area contributed by atoms with Crippen LogP contribution in [0.1, 0.15) is 13.3 Å². The summed E-state index contributed by atoms with van der Waals surface area (Å²) in [5.74, 6) is -0.747. The van der Waals surface area contributed by atoms with Crippen molar-refractivity contribution in [1.82, 2.24) is 0 Å². The van der Waals surface area contributed by atoms with Crippen molar-refractivity contribution in [1.29, 1.82) is 0 Å². The number of hydrogen-bond donors (Lipinski definition) is 1. The van der Waals surface area contributed by atoms with Gasteiger partial charge in [0, 0.05) is 18.7 Å². The minimum Gasteiger partial charge on any atom is -0.467 e. The summed E-state index contributed by atoms with van der Waals surface area (Å²) in [6.07, 6.45) is 0.172. The standard InChI is InChI=1S/C13H16FNO3/c1-9-13(6-7-18-9,12(16)17-2)15-11-5-3-4-10(14)8-11/h3-5,8-9,15H,6-7H2,1-2H3. The topological polar surface area (TPSA) is 47.6 Å². The van der Waals surface area contributed by atoms with E-state index in [2.05, 4.69) is 5.32 Å². The molecule has 1 aromatic rings. The predicted molar refractivity (Wildman–Crippen MR) is 64.8 cm³/mol. The van der Waals surface area contributed by atoms with Gasteiger partial charge in [-0.25, -0.2) is 9.18 Å². The van der Waals surface area contributed by atoms with Gasteiger partial charge in [-0.05, 0) is 25.1 Å². The van der Waals surface area contributed by atoms with E-state index in [1.165, 1.54) is 19.2 Å². The van der Waals surface area contributed by atoms with Crippen LogP contribution in [-0.2, 0) is 14.3 Å². The van der Waals surface area contributed by atoms with Crippen molar-refractivity contribution in [2.24, 2.45) is 0 Å². The van der Waals surface area contributed by atoms with Gasteiger partial charge in [-0.2, -0.15) is 0 Å². The van der Waals surface area contributed by atoms with Crippen LogP contribution in [-0.4, -0.2) is 31.3 Å². The number of carbonyl (C=O) groups is 1.